The number of aryl methyl sites for hydroxylation is 2. The predicted octanol–water partition coefficient (Wildman–Crippen LogP) is 3.34. The summed E-state index contributed by atoms with van der Waals surface area (Å²) in [4.78, 5) is 0. The van der Waals surface area contributed by atoms with E-state index < -0.39 is 0 Å². The highest BCUT2D eigenvalue weighted by molar-refractivity contribution is 9.10. The van der Waals surface area contributed by atoms with E-state index in [1.54, 1.807) is 0 Å². The smallest absolute Gasteiger partial charge is 0.0597 e. The van der Waals surface area contributed by atoms with Crippen molar-refractivity contribution in [3.8, 4) is 0 Å². The zero-order valence-electron chi connectivity index (χ0n) is 10.9. The lowest BCUT2D eigenvalue weighted by atomic mass is 10.1. The first-order valence-electron chi connectivity index (χ1n) is 6.05. The molecule has 2 rings (SSSR count). The molecule has 1 heterocycles. The normalized spacial score (nSPS) is 12.7. The fourth-order valence-electron chi connectivity index (χ4n) is 2.02. The number of aromatic nitrogens is 2. The molecule has 0 saturated carbocycles. The summed E-state index contributed by atoms with van der Waals surface area (Å²) in [5.74, 6) is 0. The highest BCUT2D eigenvalue weighted by atomic mass is 79.9. The largest absolute Gasteiger partial charge is 0.305 e. The first-order valence-corrected chi connectivity index (χ1v) is 6.84. The average molecular weight is 308 g/mol. The molecular weight excluding hydrogens is 290 g/mol. The van der Waals surface area contributed by atoms with Crippen molar-refractivity contribution in [2.24, 2.45) is 7.05 Å². The molecule has 0 radical (unpaired) electrons. The van der Waals surface area contributed by atoms with Crippen LogP contribution >= 0.6 is 15.9 Å². The van der Waals surface area contributed by atoms with E-state index in [1.807, 2.05) is 24.7 Å². The van der Waals surface area contributed by atoms with E-state index in [4.69, 9.17) is 0 Å². The third kappa shape index (κ3) is 3.00. The molecule has 0 aliphatic carbocycles. The molecule has 1 atom stereocenters. The van der Waals surface area contributed by atoms with Crippen LogP contribution in [0.1, 0.15) is 29.9 Å². The Kier molecular flexibility index (Phi) is 4.19. The van der Waals surface area contributed by atoms with Crippen molar-refractivity contribution >= 4 is 15.9 Å². The van der Waals surface area contributed by atoms with Gasteiger partial charge in [0.05, 0.1) is 11.4 Å². The predicted molar refractivity (Wildman–Crippen MR) is 77.3 cm³/mol. The lowest BCUT2D eigenvalue weighted by molar-refractivity contribution is 0.546. The van der Waals surface area contributed by atoms with E-state index >= 15 is 0 Å². The second kappa shape index (κ2) is 5.67. The van der Waals surface area contributed by atoms with Crippen molar-refractivity contribution in [2.75, 3.05) is 0 Å². The van der Waals surface area contributed by atoms with Gasteiger partial charge in [0.25, 0.3) is 0 Å². The van der Waals surface area contributed by atoms with Gasteiger partial charge in [-0.1, -0.05) is 34.1 Å². The highest BCUT2D eigenvalue weighted by Crippen LogP contribution is 2.22. The standard InChI is InChI=1S/C14H18BrN3/c1-10-8-12(18(3)17-10)9-16-11(2)13-6-4-5-7-14(13)15/h4-8,11,16H,9H2,1-3H3/t11-/m1/s1. The molecule has 1 N–H and O–H groups in total. The van der Waals surface area contributed by atoms with Crippen LogP contribution in [0, 0.1) is 6.92 Å². The van der Waals surface area contributed by atoms with Gasteiger partial charge in [-0.2, -0.15) is 5.10 Å². The van der Waals surface area contributed by atoms with Crippen LogP contribution < -0.4 is 5.32 Å². The molecule has 0 bridgehead atoms. The lowest BCUT2D eigenvalue weighted by Crippen LogP contribution is -2.20. The molecule has 0 amide bonds. The van der Waals surface area contributed by atoms with E-state index in [0.29, 0.717) is 6.04 Å². The second-order valence-corrected chi connectivity index (χ2v) is 5.38. The molecule has 0 unspecified atom stereocenters. The molecule has 0 aliphatic rings. The number of hydrogen-bond donors (Lipinski definition) is 1. The topological polar surface area (TPSA) is 29.9 Å². The van der Waals surface area contributed by atoms with Gasteiger partial charge < -0.3 is 5.32 Å². The van der Waals surface area contributed by atoms with Crippen molar-refractivity contribution in [1.82, 2.24) is 15.1 Å². The average Bonchev–Trinajstić information content (AvgIpc) is 2.65. The maximum atomic E-state index is 4.35. The summed E-state index contributed by atoms with van der Waals surface area (Å²) < 4.78 is 3.07. The minimum Gasteiger partial charge on any atom is -0.305 e. The van der Waals surface area contributed by atoms with Crippen LogP contribution in [0.15, 0.2) is 34.8 Å². The molecule has 2 aromatic rings. The maximum Gasteiger partial charge on any atom is 0.0597 e. The summed E-state index contributed by atoms with van der Waals surface area (Å²) in [5, 5.41) is 7.87. The minimum absolute atomic E-state index is 0.302. The minimum atomic E-state index is 0.302. The van der Waals surface area contributed by atoms with Gasteiger partial charge in [-0.3, -0.25) is 4.68 Å². The molecule has 3 nitrogen and oxygen atoms in total. The molecule has 1 aromatic heterocycles. The zero-order chi connectivity index (χ0) is 13.1. The molecule has 0 fully saturated rings. The van der Waals surface area contributed by atoms with Crippen LogP contribution in [0.4, 0.5) is 0 Å². The molecule has 0 saturated heterocycles. The summed E-state index contributed by atoms with van der Waals surface area (Å²) in [6.07, 6.45) is 0. The Balaban J connectivity index is 2.03. The van der Waals surface area contributed by atoms with E-state index in [1.165, 1.54) is 11.3 Å². The van der Waals surface area contributed by atoms with E-state index in [0.717, 1.165) is 16.7 Å². The zero-order valence-corrected chi connectivity index (χ0v) is 12.5. The van der Waals surface area contributed by atoms with Gasteiger partial charge in [0.2, 0.25) is 0 Å². The van der Waals surface area contributed by atoms with Gasteiger partial charge >= 0.3 is 0 Å². The van der Waals surface area contributed by atoms with Crippen molar-refractivity contribution < 1.29 is 0 Å². The Morgan fingerprint density at radius 1 is 1.39 bits per heavy atom. The highest BCUT2D eigenvalue weighted by Gasteiger charge is 2.09. The van der Waals surface area contributed by atoms with E-state index in [9.17, 15) is 0 Å². The molecule has 18 heavy (non-hydrogen) atoms. The van der Waals surface area contributed by atoms with Crippen LogP contribution in [-0.2, 0) is 13.6 Å². The van der Waals surface area contributed by atoms with Gasteiger partial charge in [-0.25, -0.2) is 0 Å². The van der Waals surface area contributed by atoms with E-state index in [-0.39, 0.29) is 0 Å². The number of rotatable bonds is 4. The quantitative estimate of drug-likeness (QED) is 0.939. The lowest BCUT2D eigenvalue weighted by Gasteiger charge is -2.15. The fourth-order valence-corrected chi connectivity index (χ4v) is 2.65. The van der Waals surface area contributed by atoms with E-state index in [2.05, 4.69) is 57.5 Å². The third-order valence-electron chi connectivity index (χ3n) is 3.06. The molecule has 1 aromatic carbocycles. The van der Waals surface area contributed by atoms with Crippen molar-refractivity contribution in [3.05, 3.63) is 51.8 Å². The van der Waals surface area contributed by atoms with Gasteiger partial charge in [0.15, 0.2) is 0 Å². The third-order valence-corrected chi connectivity index (χ3v) is 3.78. The number of hydrogen-bond acceptors (Lipinski definition) is 2. The van der Waals surface area contributed by atoms with Crippen LogP contribution in [0.25, 0.3) is 0 Å². The van der Waals surface area contributed by atoms with Crippen LogP contribution in [0.2, 0.25) is 0 Å². The molecule has 4 heteroatoms. The first-order chi connectivity index (χ1) is 8.58. The van der Waals surface area contributed by atoms with Crippen molar-refractivity contribution in [3.63, 3.8) is 0 Å². The van der Waals surface area contributed by atoms with Gasteiger partial charge in [0, 0.05) is 24.1 Å². The van der Waals surface area contributed by atoms with Crippen LogP contribution in [0.5, 0.6) is 0 Å². The van der Waals surface area contributed by atoms with Gasteiger partial charge in [-0.15, -0.1) is 0 Å². The molecule has 96 valence electrons. The molecule has 0 spiro atoms. The monoisotopic (exact) mass is 307 g/mol. The fraction of sp³-hybridized carbons (Fsp3) is 0.357. The van der Waals surface area contributed by atoms with Crippen LogP contribution in [0.3, 0.4) is 0 Å². The number of halogens is 1. The van der Waals surface area contributed by atoms with Crippen molar-refractivity contribution in [2.45, 2.75) is 26.4 Å². The number of nitrogens with zero attached hydrogens (tertiary/aromatic N) is 2. The Hall–Kier alpha value is -1.13. The first kappa shape index (κ1) is 13.3. The molecule has 0 aliphatic heterocycles. The summed E-state index contributed by atoms with van der Waals surface area (Å²) in [6, 6.07) is 10.7. The molecular formula is C14H18BrN3. The maximum absolute atomic E-state index is 4.35. The Bertz CT molecular complexity index is 534. The Morgan fingerprint density at radius 3 is 2.72 bits per heavy atom. The summed E-state index contributed by atoms with van der Waals surface area (Å²) in [5.41, 5.74) is 3.53. The van der Waals surface area contributed by atoms with Gasteiger partial charge in [-0.05, 0) is 31.5 Å². The summed E-state index contributed by atoms with van der Waals surface area (Å²) in [6.45, 7) is 5.00. The van der Waals surface area contributed by atoms with Gasteiger partial charge in [0.1, 0.15) is 0 Å². The SMILES string of the molecule is Cc1cc(CN[C@H](C)c2ccccc2Br)n(C)n1. The Morgan fingerprint density at radius 2 is 2.11 bits per heavy atom. The van der Waals surface area contributed by atoms with Crippen molar-refractivity contribution in [1.29, 1.82) is 0 Å². The van der Waals surface area contributed by atoms with Crippen LogP contribution in [-0.4, -0.2) is 9.78 Å². The summed E-state index contributed by atoms with van der Waals surface area (Å²) in [7, 11) is 1.98. The summed E-state index contributed by atoms with van der Waals surface area (Å²) >= 11 is 3.58. The number of benzene rings is 1. The second-order valence-electron chi connectivity index (χ2n) is 4.52. The Labute approximate surface area is 116 Å². The number of nitrogens with one attached hydrogen (secondary N) is 1.